The second-order valence-electron chi connectivity index (χ2n) is 2.92. The van der Waals surface area contributed by atoms with Crippen LogP contribution in [0.3, 0.4) is 0 Å². The smallest absolute Gasteiger partial charge is 0.408 e. The zero-order valence-corrected chi connectivity index (χ0v) is 6.97. The molecule has 3 heteroatoms. The minimum absolute atomic E-state index is 0.387. The van der Waals surface area contributed by atoms with E-state index in [1.165, 1.54) is 0 Å². The molecule has 0 aliphatic carbocycles. The van der Waals surface area contributed by atoms with Gasteiger partial charge in [-0.3, -0.25) is 4.98 Å². The molecule has 0 fully saturated rings. The van der Waals surface area contributed by atoms with E-state index in [1.54, 1.807) is 0 Å². The van der Waals surface area contributed by atoms with Crippen molar-refractivity contribution in [3.63, 3.8) is 0 Å². The van der Waals surface area contributed by atoms with Crippen LogP contribution in [0.5, 0.6) is 0 Å². The zero-order valence-electron chi connectivity index (χ0n) is 6.97. The van der Waals surface area contributed by atoms with Crippen molar-refractivity contribution in [2.75, 3.05) is 0 Å². The topological polar surface area (TPSA) is 46.0 Å². The van der Waals surface area contributed by atoms with E-state index in [1.807, 2.05) is 26.0 Å². The Morgan fingerprint density at radius 1 is 1.25 bits per heavy atom. The maximum absolute atomic E-state index is 10.9. The van der Waals surface area contributed by atoms with Crippen LogP contribution >= 0.6 is 0 Å². The molecule has 0 aliphatic rings. The molecule has 1 heterocycles. The SMILES string of the molecule is Cc1ccc(C)c2oc(=O)[nH]c12. The van der Waals surface area contributed by atoms with Crippen molar-refractivity contribution in [2.24, 2.45) is 0 Å². The van der Waals surface area contributed by atoms with Gasteiger partial charge in [0.2, 0.25) is 0 Å². The van der Waals surface area contributed by atoms with Gasteiger partial charge in [-0.25, -0.2) is 4.79 Å². The van der Waals surface area contributed by atoms with E-state index in [4.69, 9.17) is 4.42 Å². The fraction of sp³-hybridized carbons (Fsp3) is 0.222. The summed E-state index contributed by atoms with van der Waals surface area (Å²) in [7, 11) is 0. The predicted octanol–water partition coefficient (Wildman–Crippen LogP) is 1.74. The molecular formula is C9H9NO2. The third-order valence-electron chi connectivity index (χ3n) is 1.98. The van der Waals surface area contributed by atoms with Crippen LogP contribution in [0.1, 0.15) is 11.1 Å². The molecule has 0 saturated carbocycles. The third kappa shape index (κ3) is 0.863. The van der Waals surface area contributed by atoms with Gasteiger partial charge in [0, 0.05) is 0 Å². The lowest BCUT2D eigenvalue weighted by atomic mass is 10.1. The molecule has 12 heavy (non-hydrogen) atoms. The van der Waals surface area contributed by atoms with Gasteiger partial charge in [-0.1, -0.05) is 12.1 Å². The fourth-order valence-corrected chi connectivity index (χ4v) is 1.29. The van der Waals surface area contributed by atoms with Crippen LogP contribution in [0, 0.1) is 13.8 Å². The summed E-state index contributed by atoms with van der Waals surface area (Å²) >= 11 is 0. The Bertz CT molecular complexity index is 437. The predicted molar refractivity (Wildman–Crippen MR) is 46.3 cm³/mol. The normalized spacial score (nSPS) is 10.8. The summed E-state index contributed by atoms with van der Waals surface area (Å²) in [6.07, 6.45) is 0. The van der Waals surface area contributed by atoms with Gasteiger partial charge in [-0.15, -0.1) is 0 Å². The molecule has 0 aliphatic heterocycles. The lowest BCUT2D eigenvalue weighted by molar-refractivity contribution is 0.553. The van der Waals surface area contributed by atoms with Crippen LogP contribution in [0.2, 0.25) is 0 Å². The number of benzene rings is 1. The van der Waals surface area contributed by atoms with Gasteiger partial charge in [0.15, 0.2) is 5.58 Å². The fourth-order valence-electron chi connectivity index (χ4n) is 1.29. The molecule has 1 aromatic carbocycles. The molecular weight excluding hydrogens is 154 g/mol. The number of aromatic nitrogens is 1. The van der Waals surface area contributed by atoms with Gasteiger partial charge >= 0.3 is 5.76 Å². The quantitative estimate of drug-likeness (QED) is 0.643. The van der Waals surface area contributed by atoms with Crippen molar-refractivity contribution < 1.29 is 4.42 Å². The van der Waals surface area contributed by atoms with Gasteiger partial charge < -0.3 is 4.42 Å². The van der Waals surface area contributed by atoms with Crippen molar-refractivity contribution in [2.45, 2.75) is 13.8 Å². The summed E-state index contributed by atoms with van der Waals surface area (Å²) in [4.78, 5) is 13.5. The first kappa shape index (κ1) is 7.16. The van der Waals surface area contributed by atoms with Crippen LogP contribution < -0.4 is 5.76 Å². The molecule has 3 nitrogen and oxygen atoms in total. The van der Waals surface area contributed by atoms with Gasteiger partial charge in [0.25, 0.3) is 0 Å². The first-order valence-corrected chi connectivity index (χ1v) is 3.77. The molecule has 0 unspecified atom stereocenters. The molecule has 0 bridgehead atoms. The Hall–Kier alpha value is -1.51. The van der Waals surface area contributed by atoms with Gasteiger partial charge in [0.1, 0.15) is 0 Å². The number of nitrogens with one attached hydrogen (secondary N) is 1. The molecule has 62 valence electrons. The average Bonchev–Trinajstić information content (AvgIpc) is 2.41. The number of rotatable bonds is 0. The number of aryl methyl sites for hydroxylation is 2. The maximum Gasteiger partial charge on any atom is 0.417 e. The summed E-state index contributed by atoms with van der Waals surface area (Å²) in [5, 5.41) is 0. The van der Waals surface area contributed by atoms with E-state index in [9.17, 15) is 4.79 Å². The zero-order chi connectivity index (χ0) is 8.72. The van der Waals surface area contributed by atoms with E-state index in [0.717, 1.165) is 16.6 Å². The second kappa shape index (κ2) is 2.24. The third-order valence-corrected chi connectivity index (χ3v) is 1.98. The minimum Gasteiger partial charge on any atom is -0.408 e. The van der Waals surface area contributed by atoms with Crippen molar-refractivity contribution in [3.05, 3.63) is 33.8 Å². The van der Waals surface area contributed by atoms with Gasteiger partial charge in [-0.05, 0) is 25.0 Å². The number of hydrogen-bond acceptors (Lipinski definition) is 2. The number of oxazole rings is 1. The van der Waals surface area contributed by atoms with Gasteiger partial charge in [0.05, 0.1) is 5.52 Å². The number of hydrogen-bond donors (Lipinski definition) is 1. The minimum atomic E-state index is -0.387. The molecule has 0 spiro atoms. The first-order chi connectivity index (χ1) is 5.68. The molecule has 1 N–H and O–H groups in total. The highest BCUT2D eigenvalue weighted by Crippen LogP contribution is 2.17. The second-order valence-corrected chi connectivity index (χ2v) is 2.92. The maximum atomic E-state index is 10.9. The van der Waals surface area contributed by atoms with Gasteiger partial charge in [-0.2, -0.15) is 0 Å². The highest BCUT2D eigenvalue weighted by atomic mass is 16.4. The van der Waals surface area contributed by atoms with Crippen molar-refractivity contribution in [3.8, 4) is 0 Å². The Morgan fingerprint density at radius 3 is 2.58 bits per heavy atom. The standard InChI is InChI=1S/C9H9NO2/c1-5-3-4-6(2)8-7(5)10-9(11)12-8/h3-4H,1-2H3,(H,10,11). The largest absolute Gasteiger partial charge is 0.417 e. The Labute approximate surface area is 69.0 Å². The molecule has 1 aromatic heterocycles. The lowest BCUT2D eigenvalue weighted by Crippen LogP contribution is -1.93. The van der Waals surface area contributed by atoms with Crippen molar-refractivity contribution >= 4 is 11.1 Å². The van der Waals surface area contributed by atoms with Crippen LogP contribution in [-0.4, -0.2) is 4.98 Å². The van der Waals surface area contributed by atoms with E-state index in [-0.39, 0.29) is 5.76 Å². The van der Waals surface area contributed by atoms with E-state index < -0.39 is 0 Å². The van der Waals surface area contributed by atoms with Crippen LogP contribution in [0.15, 0.2) is 21.3 Å². The van der Waals surface area contributed by atoms with Crippen molar-refractivity contribution in [1.29, 1.82) is 0 Å². The highest BCUT2D eigenvalue weighted by molar-refractivity contribution is 5.78. The Balaban J connectivity index is 3.03. The highest BCUT2D eigenvalue weighted by Gasteiger charge is 2.05. The molecule has 2 aromatic rings. The average molecular weight is 163 g/mol. The van der Waals surface area contributed by atoms with Crippen molar-refractivity contribution in [1.82, 2.24) is 4.98 Å². The molecule has 2 rings (SSSR count). The Kier molecular flexibility index (Phi) is 1.33. The van der Waals surface area contributed by atoms with Crippen LogP contribution in [0.4, 0.5) is 0 Å². The Morgan fingerprint density at radius 2 is 1.92 bits per heavy atom. The number of aromatic amines is 1. The monoisotopic (exact) mass is 163 g/mol. The number of fused-ring (bicyclic) bond motifs is 1. The van der Waals surface area contributed by atoms with Crippen LogP contribution in [-0.2, 0) is 0 Å². The summed E-state index contributed by atoms with van der Waals surface area (Å²) in [5.41, 5.74) is 3.48. The molecule has 0 saturated heterocycles. The van der Waals surface area contributed by atoms with Crippen LogP contribution in [0.25, 0.3) is 11.1 Å². The summed E-state index contributed by atoms with van der Waals surface area (Å²) < 4.78 is 4.97. The van der Waals surface area contributed by atoms with E-state index in [2.05, 4.69) is 4.98 Å². The molecule has 0 amide bonds. The summed E-state index contributed by atoms with van der Waals surface area (Å²) in [6.45, 7) is 3.85. The first-order valence-electron chi connectivity index (χ1n) is 3.77. The van der Waals surface area contributed by atoms with E-state index in [0.29, 0.717) is 5.58 Å². The molecule has 0 radical (unpaired) electrons. The van der Waals surface area contributed by atoms with E-state index >= 15 is 0 Å². The molecule has 0 atom stereocenters. The summed E-state index contributed by atoms with van der Waals surface area (Å²) in [5.74, 6) is -0.387. The number of H-pyrrole nitrogens is 1. The summed E-state index contributed by atoms with van der Waals surface area (Å²) in [6, 6.07) is 3.90. The lowest BCUT2D eigenvalue weighted by Gasteiger charge is -1.95.